The zero-order valence-corrected chi connectivity index (χ0v) is 8.01. The Morgan fingerprint density at radius 2 is 2.00 bits per heavy atom. The van der Waals surface area contributed by atoms with E-state index in [9.17, 15) is 4.79 Å². The molecule has 0 aliphatic carbocycles. The van der Waals surface area contributed by atoms with Crippen molar-refractivity contribution in [2.75, 3.05) is 0 Å². The van der Waals surface area contributed by atoms with Crippen molar-refractivity contribution in [1.82, 2.24) is 4.57 Å². The van der Waals surface area contributed by atoms with Crippen LogP contribution in [0.15, 0.2) is 24.4 Å². The first-order valence-corrected chi connectivity index (χ1v) is 4.39. The SMILES string of the molecule is O=Cn1ccc2c(Cl)c(Cl)ccc21. The van der Waals surface area contributed by atoms with Gasteiger partial charge in [0.2, 0.25) is 6.41 Å². The first kappa shape index (κ1) is 8.60. The van der Waals surface area contributed by atoms with Crippen molar-refractivity contribution in [3.63, 3.8) is 0 Å². The average Bonchev–Trinajstić information content (AvgIpc) is 2.55. The van der Waals surface area contributed by atoms with Crippen LogP contribution in [0, 0.1) is 0 Å². The highest BCUT2D eigenvalue weighted by Crippen LogP contribution is 2.30. The van der Waals surface area contributed by atoms with E-state index in [2.05, 4.69) is 0 Å². The van der Waals surface area contributed by atoms with E-state index in [4.69, 9.17) is 23.2 Å². The molecule has 2 rings (SSSR count). The van der Waals surface area contributed by atoms with Gasteiger partial charge in [-0.1, -0.05) is 23.2 Å². The molecule has 66 valence electrons. The molecule has 0 bridgehead atoms. The number of rotatable bonds is 1. The minimum absolute atomic E-state index is 0.486. The summed E-state index contributed by atoms with van der Waals surface area (Å²) in [5.41, 5.74) is 0.768. The minimum atomic E-state index is 0.486. The number of benzene rings is 1. The van der Waals surface area contributed by atoms with Crippen LogP contribution < -0.4 is 0 Å². The highest BCUT2D eigenvalue weighted by atomic mass is 35.5. The normalized spacial score (nSPS) is 10.6. The Labute approximate surface area is 84.7 Å². The van der Waals surface area contributed by atoms with Gasteiger partial charge in [-0.2, -0.15) is 0 Å². The lowest BCUT2D eigenvalue weighted by atomic mass is 10.2. The van der Waals surface area contributed by atoms with Crippen LogP contribution >= 0.6 is 23.2 Å². The van der Waals surface area contributed by atoms with Gasteiger partial charge in [0, 0.05) is 11.6 Å². The molecule has 0 radical (unpaired) electrons. The van der Waals surface area contributed by atoms with E-state index < -0.39 is 0 Å². The molecular weight excluding hydrogens is 209 g/mol. The minimum Gasteiger partial charge on any atom is -0.290 e. The summed E-state index contributed by atoms with van der Waals surface area (Å²) in [6.07, 6.45) is 2.38. The molecule has 0 saturated heterocycles. The van der Waals surface area contributed by atoms with Crippen LogP contribution in [0.25, 0.3) is 10.9 Å². The van der Waals surface area contributed by atoms with Gasteiger partial charge < -0.3 is 0 Å². The summed E-state index contributed by atoms with van der Waals surface area (Å²) >= 11 is 11.7. The van der Waals surface area contributed by atoms with Crippen molar-refractivity contribution in [3.05, 3.63) is 34.4 Å². The molecular formula is C9H5Cl2NO. The summed E-state index contributed by atoms with van der Waals surface area (Å²) < 4.78 is 1.46. The summed E-state index contributed by atoms with van der Waals surface area (Å²) in [7, 11) is 0. The van der Waals surface area contributed by atoms with Gasteiger partial charge in [-0.15, -0.1) is 0 Å². The second-order valence-corrected chi connectivity index (χ2v) is 3.41. The van der Waals surface area contributed by atoms with Crippen LogP contribution in [0.1, 0.15) is 0 Å². The highest BCUT2D eigenvalue weighted by Gasteiger charge is 2.06. The molecule has 1 aromatic carbocycles. The zero-order valence-electron chi connectivity index (χ0n) is 6.50. The maximum Gasteiger partial charge on any atom is 0.218 e. The molecule has 2 aromatic rings. The topological polar surface area (TPSA) is 22.0 Å². The molecule has 0 spiro atoms. The van der Waals surface area contributed by atoms with E-state index in [-0.39, 0.29) is 0 Å². The van der Waals surface area contributed by atoms with E-state index in [1.807, 2.05) is 0 Å². The molecule has 13 heavy (non-hydrogen) atoms. The number of fused-ring (bicyclic) bond motifs is 1. The molecule has 1 heterocycles. The smallest absolute Gasteiger partial charge is 0.218 e. The average molecular weight is 214 g/mol. The molecule has 0 aliphatic rings. The third kappa shape index (κ3) is 1.23. The van der Waals surface area contributed by atoms with Gasteiger partial charge in [0.05, 0.1) is 15.6 Å². The second-order valence-electron chi connectivity index (χ2n) is 2.62. The summed E-state index contributed by atoms with van der Waals surface area (Å²) in [5.74, 6) is 0. The van der Waals surface area contributed by atoms with Crippen LogP contribution in [0.2, 0.25) is 10.0 Å². The van der Waals surface area contributed by atoms with Crippen molar-refractivity contribution in [3.8, 4) is 0 Å². The zero-order chi connectivity index (χ0) is 9.42. The molecule has 0 saturated carbocycles. The lowest BCUT2D eigenvalue weighted by molar-refractivity contribution is 0.549. The second kappa shape index (κ2) is 3.05. The molecule has 0 atom stereocenters. The van der Waals surface area contributed by atoms with E-state index in [0.717, 1.165) is 17.3 Å². The Kier molecular flexibility index (Phi) is 2.02. The highest BCUT2D eigenvalue weighted by molar-refractivity contribution is 6.45. The molecule has 0 unspecified atom stereocenters. The van der Waals surface area contributed by atoms with Crippen LogP contribution in [0.4, 0.5) is 0 Å². The third-order valence-electron chi connectivity index (χ3n) is 1.90. The number of halogens is 2. The van der Waals surface area contributed by atoms with Crippen molar-refractivity contribution in [2.45, 2.75) is 0 Å². The molecule has 0 N–H and O–H groups in total. The first-order chi connectivity index (χ1) is 6.24. The first-order valence-electron chi connectivity index (χ1n) is 3.64. The summed E-state index contributed by atoms with van der Waals surface area (Å²) in [6.45, 7) is 0. The Morgan fingerprint density at radius 1 is 1.23 bits per heavy atom. The maximum atomic E-state index is 10.6. The van der Waals surface area contributed by atoms with E-state index >= 15 is 0 Å². The van der Waals surface area contributed by atoms with Crippen LogP contribution in [-0.2, 0) is 4.79 Å². The molecule has 4 heteroatoms. The van der Waals surface area contributed by atoms with E-state index in [1.165, 1.54) is 4.57 Å². The maximum absolute atomic E-state index is 10.6. The van der Waals surface area contributed by atoms with E-state index in [0.29, 0.717) is 10.0 Å². The number of carbonyl (C=O) groups excluding carboxylic acids is 1. The van der Waals surface area contributed by atoms with Crippen molar-refractivity contribution < 1.29 is 4.79 Å². The molecule has 0 fully saturated rings. The van der Waals surface area contributed by atoms with Crippen LogP contribution in [0.3, 0.4) is 0 Å². The molecule has 0 amide bonds. The third-order valence-corrected chi connectivity index (χ3v) is 2.72. The number of hydrogen-bond acceptors (Lipinski definition) is 1. The Morgan fingerprint density at radius 3 is 2.69 bits per heavy atom. The van der Waals surface area contributed by atoms with Gasteiger partial charge >= 0.3 is 0 Å². The summed E-state index contributed by atoms with van der Waals surface area (Å²) in [5, 5.41) is 1.78. The predicted octanol–water partition coefficient (Wildman–Crippen LogP) is 2.99. The fraction of sp³-hybridized carbons (Fsp3) is 0. The largest absolute Gasteiger partial charge is 0.290 e. The van der Waals surface area contributed by atoms with Gasteiger partial charge in [0.15, 0.2) is 0 Å². The van der Waals surface area contributed by atoms with Gasteiger partial charge in [0.1, 0.15) is 0 Å². The van der Waals surface area contributed by atoms with Gasteiger partial charge in [-0.25, -0.2) is 0 Å². The Balaban J connectivity index is 2.88. The van der Waals surface area contributed by atoms with Gasteiger partial charge in [-0.05, 0) is 18.2 Å². The number of nitrogens with zero attached hydrogens (tertiary/aromatic N) is 1. The molecule has 0 aliphatic heterocycles. The fourth-order valence-electron chi connectivity index (χ4n) is 1.27. The number of hydrogen-bond donors (Lipinski definition) is 0. The number of carbonyl (C=O) groups is 1. The molecule has 2 nitrogen and oxygen atoms in total. The number of aromatic nitrogens is 1. The van der Waals surface area contributed by atoms with E-state index in [1.54, 1.807) is 24.4 Å². The fourth-order valence-corrected chi connectivity index (χ4v) is 1.65. The molecule has 1 aromatic heterocycles. The lowest BCUT2D eigenvalue weighted by Gasteiger charge is -1.98. The monoisotopic (exact) mass is 213 g/mol. The van der Waals surface area contributed by atoms with Gasteiger partial charge in [-0.3, -0.25) is 9.36 Å². The van der Waals surface area contributed by atoms with Crippen LogP contribution in [0.5, 0.6) is 0 Å². The standard InChI is InChI=1S/C9H5Cl2NO/c10-7-1-2-8-6(9(7)11)3-4-12(8)5-13/h1-5H. The van der Waals surface area contributed by atoms with Crippen molar-refractivity contribution in [2.24, 2.45) is 0 Å². The Bertz CT molecular complexity index is 476. The van der Waals surface area contributed by atoms with Crippen LogP contribution in [-0.4, -0.2) is 11.0 Å². The lowest BCUT2D eigenvalue weighted by Crippen LogP contribution is -1.90. The van der Waals surface area contributed by atoms with Crippen molar-refractivity contribution >= 4 is 40.5 Å². The van der Waals surface area contributed by atoms with Crippen molar-refractivity contribution in [1.29, 1.82) is 0 Å². The summed E-state index contributed by atoms with van der Waals surface area (Å²) in [6, 6.07) is 5.20. The predicted molar refractivity (Wildman–Crippen MR) is 54.1 cm³/mol. The quantitative estimate of drug-likeness (QED) is 0.668. The van der Waals surface area contributed by atoms with Gasteiger partial charge in [0.25, 0.3) is 0 Å². The summed E-state index contributed by atoms with van der Waals surface area (Å²) in [4.78, 5) is 10.6. The Hall–Kier alpha value is -0.990.